The molecular formula is C11H18ClNO2. The molecule has 0 radical (unpaired) electrons. The van der Waals surface area contributed by atoms with Gasteiger partial charge in [0.1, 0.15) is 0 Å². The summed E-state index contributed by atoms with van der Waals surface area (Å²) in [5.74, 6) is 1.47. The number of hydrogen-bond acceptors (Lipinski definition) is 3. The van der Waals surface area contributed by atoms with Crippen LogP contribution in [0.3, 0.4) is 0 Å². The first kappa shape index (κ1) is 14.1. The Morgan fingerprint density at radius 2 is 1.80 bits per heavy atom. The predicted octanol–water partition coefficient (Wildman–Crippen LogP) is 2.54. The lowest BCUT2D eigenvalue weighted by atomic mass is 10.1. The Kier molecular flexibility index (Phi) is 6.13. The summed E-state index contributed by atoms with van der Waals surface area (Å²) < 4.78 is 10.3. The van der Waals surface area contributed by atoms with Gasteiger partial charge in [-0.2, -0.15) is 0 Å². The minimum Gasteiger partial charge on any atom is -0.493 e. The first-order valence-corrected chi connectivity index (χ1v) is 4.70. The van der Waals surface area contributed by atoms with Crippen LogP contribution in [-0.2, 0) is 0 Å². The second kappa shape index (κ2) is 6.53. The monoisotopic (exact) mass is 231 g/mol. The summed E-state index contributed by atoms with van der Waals surface area (Å²) in [7, 11) is 3.25. The SMILES string of the molecule is CC[C@@H](N)c1ccc(OC)c(OC)c1.Cl. The van der Waals surface area contributed by atoms with E-state index in [1.807, 2.05) is 18.2 Å². The molecule has 0 bridgehead atoms. The lowest BCUT2D eigenvalue weighted by Crippen LogP contribution is -2.08. The molecule has 1 atom stereocenters. The maximum absolute atomic E-state index is 5.91. The molecule has 0 aromatic heterocycles. The fraction of sp³-hybridized carbons (Fsp3) is 0.455. The second-order valence-corrected chi connectivity index (χ2v) is 3.13. The Morgan fingerprint density at radius 3 is 2.27 bits per heavy atom. The van der Waals surface area contributed by atoms with Gasteiger partial charge in [-0.25, -0.2) is 0 Å². The predicted molar refractivity (Wildman–Crippen MR) is 64.0 cm³/mol. The molecule has 1 aromatic carbocycles. The summed E-state index contributed by atoms with van der Waals surface area (Å²) in [4.78, 5) is 0. The van der Waals surface area contributed by atoms with Crippen LogP contribution >= 0.6 is 12.4 Å². The van der Waals surface area contributed by atoms with E-state index in [1.165, 1.54) is 0 Å². The third-order valence-electron chi connectivity index (χ3n) is 2.28. The molecule has 3 nitrogen and oxygen atoms in total. The lowest BCUT2D eigenvalue weighted by Gasteiger charge is -2.13. The fourth-order valence-corrected chi connectivity index (χ4v) is 1.32. The van der Waals surface area contributed by atoms with Gasteiger partial charge in [-0.3, -0.25) is 0 Å². The Morgan fingerprint density at radius 1 is 1.20 bits per heavy atom. The van der Waals surface area contributed by atoms with Gasteiger partial charge in [0.25, 0.3) is 0 Å². The van der Waals surface area contributed by atoms with Gasteiger partial charge in [0.2, 0.25) is 0 Å². The molecule has 4 heteroatoms. The highest BCUT2D eigenvalue weighted by Gasteiger charge is 2.08. The molecule has 1 rings (SSSR count). The molecule has 0 saturated carbocycles. The van der Waals surface area contributed by atoms with Gasteiger partial charge < -0.3 is 15.2 Å². The Balaban J connectivity index is 0.00000196. The van der Waals surface area contributed by atoms with Crippen LogP contribution in [-0.4, -0.2) is 14.2 Å². The van der Waals surface area contributed by atoms with Gasteiger partial charge in [0.15, 0.2) is 11.5 Å². The minimum absolute atomic E-state index is 0. The van der Waals surface area contributed by atoms with E-state index in [4.69, 9.17) is 15.2 Å². The van der Waals surface area contributed by atoms with Crippen LogP contribution in [0.4, 0.5) is 0 Å². The molecule has 0 aliphatic heterocycles. The van der Waals surface area contributed by atoms with Crippen LogP contribution in [0.1, 0.15) is 24.9 Å². The number of ether oxygens (including phenoxy) is 2. The molecule has 15 heavy (non-hydrogen) atoms. The van der Waals surface area contributed by atoms with Crippen molar-refractivity contribution in [1.82, 2.24) is 0 Å². The topological polar surface area (TPSA) is 44.5 Å². The maximum atomic E-state index is 5.91. The number of nitrogens with two attached hydrogens (primary N) is 1. The first-order valence-electron chi connectivity index (χ1n) is 4.70. The normalized spacial score (nSPS) is 11.5. The molecule has 86 valence electrons. The standard InChI is InChI=1S/C11H17NO2.ClH/c1-4-9(12)8-5-6-10(13-2)11(7-8)14-3;/h5-7,9H,4,12H2,1-3H3;1H/t9-;/m1./s1. The zero-order chi connectivity index (χ0) is 10.6. The quantitative estimate of drug-likeness (QED) is 0.866. The van der Waals surface area contributed by atoms with E-state index in [-0.39, 0.29) is 18.4 Å². The summed E-state index contributed by atoms with van der Waals surface area (Å²) in [6.45, 7) is 2.06. The maximum Gasteiger partial charge on any atom is 0.161 e. The molecule has 0 amide bonds. The summed E-state index contributed by atoms with van der Waals surface area (Å²) in [5, 5.41) is 0. The van der Waals surface area contributed by atoms with Crippen LogP contribution in [0.25, 0.3) is 0 Å². The fourth-order valence-electron chi connectivity index (χ4n) is 1.32. The van der Waals surface area contributed by atoms with Crippen molar-refractivity contribution < 1.29 is 9.47 Å². The number of benzene rings is 1. The van der Waals surface area contributed by atoms with Gasteiger partial charge in [-0.15, -0.1) is 12.4 Å². The van der Waals surface area contributed by atoms with E-state index in [2.05, 4.69) is 6.92 Å². The molecule has 0 saturated heterocycles. The highest BCUT2D eigenvalue weighted by atomic mass is 35.5. The lowest BCUT2D eigenvalue weighted by molar-refractivity contribution is 0.354. The van der Waals surface area contributed by atoms with Crippen molar-refractivity contribution in [2.24, 2.45) is 5.73 Å². The van der Waals surface area contributed by atoms with Crippen LogP contribution in [0.15, 0.2) is 18.2 Å². The number of hydrogen-bond donors (Lipinski definition) is 1. The Hall–Kier alpha value is -0.930. The molecule has 0 aliphatic rings. The minimum atomic E-state index is 0. The van der Waals surface area contributed by atoms with E-state index >= 15 is 0 Å². The van der Waals surface area contributed by atoms with Crippen LogP contribution in [0.2, 0.25) is 0 Å². The molecule has 0 spiro atoms. The summed E-state index contributed by atoms with van der Waals surface area (Å²) in [6, 6.07) is 5.83. The summed E-state index contributed by atoms with van der Waals surface area (Å²) in [5.41, 5.74) is 6.99. The smallest absolute Gasteiger partial charge is 0.161 e. The van der Waals surface area contributed by atoms with Crippen molar-refractivity contribution in [3.05, 3.63) is 23.8 Å². The number of halogens is 1. The molecular weight excluding hydrogens is 214 g/mol. The number of rotatable bonds is 4. The van der Waals surface area contributed by atoms with Crippen molar-refractivity contribution in [2.45, 2.75) is 19.4 Å². The number of methoxy groups -OCH3 is 2. The largest absolute Gasteiger partial charge is 0.493 e. The van der Waals surface area contributed by atoms with Crippen molar-refractivity contribution in [2.75, 3.05) is 14.2 Å². The average molecular weight is 232 g/mol. The zero-order valence-electron chi connectivity index (χ0n) is 9.32. The Bertz CT molecular complexity index is 305. The van der Waals surface area contributed by atoms with Crippen molar-refractivity contribution in [3.63, 3.8) is 0 Å². The van der Waals surface area contributed by atoms with E-state index in [9.17, 15) is 0 Å². The third-order valence-corrected chi connectivity index (χ3v) is 2.28. The van der Waals surface area contributed by atoms with Gasteiger partial charge in [0.05, 0.1) is 14.2 Å². The van der Waals surface area contributed by atoms with Gasteiger partial charge in [-0.05, 0) is 24.1 Å². The molecule has 0 unspecified atom stereocenters. The molecule has 0 aliphatic carbocycles. The molecule has 0 heterocycles. The van der Waals surface area contributed by atoms with Gasteiger partial charge in [0, 0.05) is 6.04 Å². The van der Waals surface area contributed by atoms with Crippen LogP contribution in [0, 0.1) is 0 Å². The third kappa shape index (κ3) is 3.29. The van der Waals surface area contributed by atoms with E-state index in [0.29, 0.717) is 0 Å². The van der Waals surface area contributed by atoms with Crippen molar-refractivity contribution in [3.8, 4) is 11.5 Å². The van der Waals surface area contributed by atoms with E-state index in [0.717, 1.165) is 23.5 Å². The van der Waals surface area contributed by atoms with Crippen molar-refractivity contribution >= 4 is 12.4 Å². The van der Waals surface area contributed by atoms with Crippen LogP contribution < -0.4 is 15.2 Å². The first-order chi connectivity index (χ1) is 6.72. The molecule has 2 N–H and O–H groups in total. The highest BCUT2D eigenvalue weighted by molar-refractivity contribution is 5.85. The molecule has 1 aromatic rings. The Labute approximate surface area is 97.0 Å². The van der Waals surface area contributed by atoms with E-state index in [1.54, 1.807) is 14.2 Å². The average Bonchev–Trinajstić information content (AvgIpc) is 2.26. The zero-order valence-corrected chi connectivity index (χ0v) is 10.1. The summed E-state index contributed by atoms with van der Waals surface area (Å²) in [6.07, 6.45) is 0.912. The van der Waals surface area contributed by atoms with Gasteiger partial charge >= 0.3 is 0 Å². The summed E-state index contributed by atoms with van der Waals surface area (Å²) >= 11 is 0. The van der Waals surface area contributed by atoms with Crippen molar-refractivity contribution in [1.29, 1.82) is 0 Å². The van der Waals surface area contributed by atoms with Gasteiger partial charge in [-0.1, -0.05) is 13.0 Å². The molecule has 0 fully saturated rings. The van der Waals surface area contributed by atoms with Crippen LogP contribution in [0.5, 0.6) is 11.5 Å². The highest BCUT2D eigenvalue weighted by Crippen LogP contribution is 2.29. The van der Waals surface area contributed by atoms with E-state index < -0.39 is 0 Å². The second-order valence-electron chi connectivity index (χ2n) is 3.13.